The summed E-state index contributed by atoms with van der Waals surface area (Å²) in [6.07, 6.45) is 6.50. The summed E-state index contributed by atoms with van der Waals surface area (Å²) in [7, 11) is 0. The van der Waals surface area contributed by atoms with Crippen LogP contribution >= 0.6 is 0 Å². The fourth-order valence-corrected chi connectivity index (χ4v) is 4.22. The second-order valence-corrected chi connectivity index (χ2v) is 8.31. The van der Waals surface area contributed by atoms with Crippen molar-refractivity contribution in [1.29, 1.82) is 0 Å². The summed E-state index contributed by atoms with van der Waals surface area (Å²) in [5.74, 6) is 0.728. The van der Waals surface area contributed by atoms with Crippen molar-refractivity contribution in [3.05, 3.63) is 70.1 Å². The monoisotopic (exact) mass is 415 g/mol. The van der Waals surface area contributed by atoms with E-state index in [0.717, 1.165) is 28.8 Å². The van der Waals surface area contributed by atoms with E-state index in [9.17, 15) is 4.91 Å². The van der Waals surface area contributed by atoms with Crippen LogP contribution in [0.1, 0.15) is 54.9 Å². The number of pyridine rings is 1. The van der Waals surface area contributed by atoms with Gasteiger partial charge >= 0.3 is 0 Å². The molecule has 0 saturated carbocycles. The Morgan fingerprint density at radius 2 is 1.87 bits per heavy atom. The zero-order valence-electron chi connectivity index (χ0n) is 17.6. The maximum absolute atomic E-state index is 10.9. The third-order valence-corrected chi connectivity index (χ3v) is 5.95. The van der Waals surface area contributed by atoms with E-state index >= 15 is 0 Å². The number of likely N-dealkylation sites (tertiary alicyclic amines) is 1. The smallest absolute Gasteiger partial charge is 0.177 e. The molecular weight excluding hydrogens is 390 g/mol. The second-order valence-electron chi connectivity index (χ2n) is 8.31. The lowest BCUT2D eigenvalue weighted by molar-refractivity contribution is 0.221. The van der Waals surface area contributed by atoms with Gasteiger partial charge in [-0.2, -0.15) is 14.5 Å². The quantitative estimate of drug-likeness (QED) is 0.441. The van der Waals surface area contributed by atoms with E-state index in [1.165, 1.54) is 37.9 Å². The minimum absolute atomic E-state index is 0.510. The molecule has 0 aliphatic carbocycles. The van der Waals surface area contributed by atoms with Crippen LogP contribution in [0.3, 0.4) is 0 Å². The van der Waals surface area contributed by atoms with E-state index in [4.69, 9.17) is 0 Å². The summed E-state index contributed by atoms with van der Waals surface area (Å²) in [6.45, 7) is 5.02. The molecule has 1 aliphatic heterocycles. The van der Waals surface area contributed by atoms with Gasteiger partial charge in [0.25, 0.3) is 0 Å². The Labute approximate surface area is 180 Å². The molecule has 1 unspecified atom stereocenters. The molecule has 1 aliphatic rings. The Bertz CT molecular complexity index is 1230. The van der Waals surface area contributed by atoms with Crippen LogP contribution in [0, 0.1) is 4.91 Å². The highest BCUT2D eigenvalue weighted by atomic mass is 16.3. The van der Waals surface area contributed by atoms with E-state index in [2.05, 4.69) is 54.6 Å². The Morgan fingerprint density at radius 1 is 1.03 bits per heavy atom. The van der Waals surface area contributed by atoms with Gasteiger partial charge in [0, 0.05) is 24.5 Å². The SMILES string of the molecule is CC(N=O)c1ccc2nnc(Cc3ccc4ncc(CN5CCCCC5)cc4c3)n2n1. The number of rotatable bonds is 6. The first-order chi connectivity index (χ1) is 15.2. The lowest BCUT2D eigenvalue weighted by atomic mass is 10.1. The summed E-state index contributed by atoms with van der Waals surface area (Å²) in [6, 6.07) is 11.6. The molecule has 4 aromatic rings. The molecule has 8 heteroatoms. The Balaban J connectivity index is 1.41. The zero-order valence-corrected chi connectivity index (χ0v) is 17.6. The molecule has 1 fully saturated rings. The highest BCUT2D eigenvalue weighted by Gasteiger charge is 2.14. The summed E-state index contributed by atoms with van der Waals surface area (Å²) in [4.78, 5) is 18.1. The van der Waals surface area contributed by atoms with Gasteiger partial charge in [-0.25, -0.2) is 0 Å². The largest absolute Gasteiger partial charge is 0.299 e. The number of hydrogen-bond acceptors (Lipinski definition) is 7. The Kier molecular flexibility index (Phi) is 5.38. The van der Waals surface area contributed by atoms with Crippen LogP contribution in [0.15, 0.2) is 47.8 Å². The van der Waals surface area contributed by atoms with Crippen LogP contribution in [0.5, 0.6) is 0 Å². The first-order valence-corrected chi connectivity index (χ1v) is 10.8. The van der Waals surface area contributed by atoms with Crippen molar-refractivity contribution in [2.24, 2.45) is 5.18 Å². The number of hydrogen-bond donors (Lipinski definition) is 0. The van der Waals surface area contributed by atoms with E-state index in [0.29, 0.717) is 17.8 Å². The summed E-state index contributed by atoms with van der Waals surface area (Å²) in [5, 5.41) is 17.2. The van der Waals surface area contributed by atoms with Gasteiger partial charge in [-0.05, 0) is 74.3 Å². The maximum Gasteiger partial charge on any atom is 0.177 e. The first kappa shape index (κ1) is 19.7. The lowest BCUT2D eigenvalue weighted by Crippen LogP contribution is -2.29. The van der Waals surface area contributed by atoms with Crippen LogP contribution in [-0.4, -0.2) is 42.8 Å². The Morgan fingerprint density at radius 3 is 2.71 bits per heavy atom. The van der Waals surface area contributed by atoms with Crippen molar-refractivity contribution in [1.82, 2.24) is 29.7 Å². The van der Waals surface area contributed by atoms with Crippen LogP contribution in [0.4, 0.5) is 0 Å². The number of nitroso groups, excluding NO2 is 1. The summed E-state index contributed by atoms with van der Waals surface area (Å²) < 4.78 is 1.70. The van der Waals surface area contributed by atoms with Crippen LogP contribution in [0.25, 0.3) is 16.6 Å². The van der Waals surface area contributed by atoms with Crippen molar-refractivity contribution < 1.29 is 0 Å². The van der Waals surface area contributed by atoms with E-state index < -0.39 is 6.04 Å². The van der Waals surface area contributed by atoms with Gasteiger partial charge in [-0.1, -0.05) is 17.7 Å². The predicted molar refractivity (Wildman–Crippen MR) is 119 cm³/mol. The molecule has 0 amide bonds. The molecule has 0 bridgehead atoms. The van der Waals surface area contributed by atoms with Gasteiger partial charge in [-0.15, -0.1) is 10.2 Å². The van der Waals surface area contributed by atoms with E-state index in [-0.39, 0.29) is 0 Å². The molecule has 0 N–H and O–H groups in total. The molecule has 1 atom stereocenters. The van der Waals surface area contributed by atoms with Crippen molar-refractivity contribution in [2.45, 2.75) is 45.2 Å². The molecule has 8 nitrogen and oxygen atoms in total. The first-order valence-electron chi connectivity index (χ1n) is 10.8. The second kappa shape index (κ2) is 8.47. The standard InChI is InChI=1S/C23H25N7O/c1-16(28-31)20-7-8-22-25-26-23(30(22)27-20)13-17-5-6-21-19(11-17)12-18(14-24-21)15-29-9-3-2-4-10-29/h5-8,11-12,14,16H,2-4,9-10,13,15H2,1H3. The molecule has 0 spiro atoms. The van der Waals surface area contributed by atoms with Crippen LogP contribution < -0.4 is 0 Å². The molecule has 3 aromatic heterocycles. The average molecular weight is 416 g/mol. The van der Waals surface area contributed by atoms with Gasteiger partial charge in [0.05, 0.1) is 11.2 Å². The van der Waals surface area contributed by atoms with Crippen molar-refractivity contribution in [3.8, 4) is 0 Å². The van der Waals surface area contributed by atoms with Gasteiger partial charge < -0.3 is 0 Å². The fraction of sp³-hybridized carbons (Fsp3) is 0.391. The third-order valence-electron chi connectivity index (χ3n) is 5.95. The topological polar surface area (TPSA) is 88.6 Å². The molecule has 4 heterocycles. The fourth-order valence-electron chi connectivity index (χ4n) is 4.22. The predicted octanol–water partition coefficient (Wildman–Crippen LogP) is 4.08. The molecular formula is C23H25N7O. The Hall–Kier alpha value is -3.26. The third kappa shape index (κ3) is 4.16. The number of nitrogens with zero attached hydrogens (tertiary/aromatic N) is 7. The highest BCUT2D eigenvalue weighted by Crippen LogP contribution is 2.20. The molecule has 1 aromatic carbocycles. The van der Waals surface area contributed by atoms with Gasteiger partial charge in [0.1, 0.15) is 6.04 Å². The number of aromatic nitrogens is 5. The molecule has 0 radical (unpaired) electrons. The van der Waals surface area contributed by atoms with Crippen molar-refractivity contribution >= 4 is 16.6 Å². The van der Waals surface area contributed by atoms with E-state index in [1.54, 1.807) is 17.5 Å². The van der Waals surface area contributed by atoms with Crippen molar-refractivity contribution in [2.75, 3.05) is 13.1 Å². The lowest BCUT2D eigenvalue weighted by Gasteiger charge is -2.26. The minimum Gasteiger partial charge on any atom is -0.299 e. The van der Waals surface area contributed by atoms with Crippen LogP contribution in [0.2, 0.25) is 0 Å². The normalized spacial score (nSPS) is 16.0. The number of piperidine rings is 1. The molecule has 1 saturated heterocycles. The summed E-state index contributed by atoms with van der Waals surface area (Å²) in [5.41, 5.74) is 4.62. The van der Waals surface area contributed by atoms with Gasteiger partial charge in [-0.3, -0.25) is 9.88 Å². The maximum atomic E-state index is 10.9. The average Bonchev–Trinajstić information content (AvgIpc) is 3.21. The van der Waals surface area contributed by atoms with Crippen molar-refractivity contribution in [3.63, 3.8) is 0 Å². The van der Waals surface area contributed by atoms with Gasteiger partial charge in [0.15, 0.2) is 11.5 Å². The zero-order chi connectivity index (χ0) is 21.2. The molecule has 31 heavy (non-hydrogen) atoms. The molecule has 5 rings (SSSR count). The number of fused-ring (bicyclic) bond motifs is 2. The highest BCUT2D eigenvalue weighted by molar-refractivity contribution is 5.79. The molecule has 158 valence electrons. The van der Waals surface area contributed by atoms with E-state index in [1.807, 2.05) is 12.3 Å². The minimum atomic E-state index is -0.510. The summed E-state index contributed by atoms with van der Waals surface area (Å²) >= 11 is 0. The van der Waals surface area contributed by atoms with Crippen LogP contribution in [-0.2, 0) is 13.0 Å². The number of benzene rings is 1. The van der Waals surface area contributed by atoms with Gasteiger partial charge in [0.2, 0.25) is 0 Å².